The molecule has 0 aromatic carbocycles. The molecule has 2 aromatic heterocycles. The lowest BCUT2D eigenvalue weighted by Gasteiger charge is -2.34. The van der Waals surface area contributed by atoms with Crippen LogP contribution in [0.4, 0.5) is 0 Å². The van der Waals surface area contributed by atoms with Crippen molar-refractivity contribution in [3.05, 3.63) is 48.3 Å². The van der Waals surface area contributed by atoms with E-state index in [4.69, 9.17) is 8.83 Å². The van der Waals surface area contributed by atoms with E-state index >= 15 is 0 Å². The second-order valence-corrected chi connectivity index (χ2v) is 4.91. The Morgan fingerprint density at radius 1 is 0.952 bits per heavy atom. The molecule has 2 aromatic rings. The van der Waals surface area contributed by atoms with E-state index in [-0.39, 0.29) is 18.2 Å². The zero-order valence-electron chi connectivity index (χ0n) is 11.5. The van der Waals surface area contributed by atoms with E-state index in [0.29, 0.717) is 37.7 Å². The lowest BCUT2D eigenvalue weighted by Crippen LogP contribution is -2.50. The van der Waals surface area contributed by atoms with Crippen molar-refractivity contribution >= 4 is 11.8 Å². The molecule has 3 rings (SSSR count). The van der Waals surface area contributed by atoms with Crippen LogP contribution < -0.4 is 0 Å². The molecule has 0 radical (unpaired) electrons. The first-order chi connectivity index (χ1) is 10.2. The number of nitrogens with zero attached hydrogens (tertiary/aromatic N) is 2. The highest BCUT2D eigenvalue weighted by Crippen LogP contribution is 2.11. The van der Waals surface area contributed by atoms with Crippen LogP contribution >= 0.6 is 0 Å². The van der Waals surface area contributed by atoms with Crippen molar-refractivity contribution < 1.29 is 18.4 Å². The van der Waals surface area contributed by atoms with Gasteiger partial charge in [0, 0.05) is 26.2 Å². The van der Waals surface area contributed by atoms with Crippen molar-refractivity contribution in [1.29, 1.82) is 0 Å². The van der Waals surface area contributed by atoms with Gasteiger partial charge in [-0.15, -0.1) is 0 Å². The van der Waals surface area contributed by atoms with Gasteiger partial charge in [0.1, 0.15) is 5.76 Å². The van der Waals surface area contributed by atoms with E-state index in [0.717, 1.165) is 0 Å². The normalized spacial score (nSPS) is 15.2. The van der Waals surface area contributed by atoms with E-state index in [1.165, 1.54) is 6.26 Å². The summed E-state index contributed by atoms with van der Waals surface area (Å²) < 4.78 is 10.3. The van der Waals surface area contributed by atoms with Gasteiger partial charge in [-0.3, -0.25) is 9.59 Å². The minimum Gasteiger partial charge on any atom is -0.469 e. The highest BCUT2D eigenvalue weighted by molar-refractivity contribution is 5.91. The molecule has 21 heavy (non-hydrogen) atoms. The van der Waals surface area contributed by atoms with Crippen molar-refractivity contribution in [2.45, 2.75) is 6.42 Å². The first-order valence-corrected chi connectivity index (χ1v) is 6.87. The van der Waals surface area contributed by atoms with Crippen molar-refractivity contribution in [3.8, 4) is 0 Å². The predicted molar refractivity (Wildman–Crippen MR) is 73.6 cm³/mol. The SMILES string of the molecule is O=C(Cc1ccco1)N1CCN(C(=O)c2ccco2)CC1. The standard InChI is InChI=1S/C15H16N2O4/c18-14(11-12-3-1-9-20-12)16-5-7-17(8-6-16)15(19)13-4-2-10-21-13/h1-4,9-10H,5-8,11H2. The van der Waals surface area contributed by atoms with E-state index in [9.17, 15) is 9.59 Å². The molecule has 0 spiro atoms. The van der Waals surface area contributed by atoms with Gasteiger partial charge in [0.2, 0.25) is 5.91 Å². The fourth-order valence-electron chi connectivity index (χ4n) is 2.39. The number of hydrogen-bond donors (Lipinski definition) is 0. The number of hydrogen-bond acceptors (Lipinski definition) is 4. The minimum atomic E-state index is -0.127. The number of carbonyl (C=O) groups excluding carboxylic acids is 2. The Hall–Kier alpha value is -2.50. The average Bonchev–Trinajstić information content (AvgIpc) is 3.20. The van der Waals surface area contributed by atoms with E-state index in [2.05, 4.69) is 0 Å². The molecule has 3 heterocycles. The summed E-state index contributed by atoms with van der Waals surface area (Å²) >= 11 is 0. The summed E-state index contributed by atoms with van der Waals surface area (Å²) in [6, 6.07) is 6.89. The molecule has 2 amide bonds. The summed E-state index contributed by atoms with van der Waals surface area (Å²) in [5, 5.41) is 0. The van der Waals surface area contributed by atoms with Gasteiger partial charge >= 0.3 is 0 Å². The van der Waals surface area contributed by atoms with Gasteiger partial charge in [0.15, 0.2) is 5.76 Å². The second-order valence-electron chi connectivity index (χ2n) is 4.91. The van der Waals surface area contributed by atoms with Crippen molar-refractivity contribution in [1.82, 2.24) is 9.80 Å². The summed E-state index contributed by atoms with van der Waals surface area (Å²) in [6.07, 6.45) is 3.30. The summed E-state index contributed by atoms with van der Waals surface area (Å²) in [4.78, 5) is 27.7. The Morgan fingerprint density at radius 3 is 2.24 bits per heavy atom. The molecular formula is C15H16N2O4. The van der Waals surface area contributed by atoms with Gasteiger partial charge in [-0.05, 0) is 24.3 Å². The molecule has 6 heteroatoms. The van der Waals surface area contributed by atoms with Gasteiger partial charge in [-0.25, -0.2) is 0 Å². The molecule has 6 nitrogen and oxygen atoms in total. The largest absolute Gasteiger partial charge is 0.469 e. The second kappa shape index (κ2) is 5.87. The summed E-state index contributed by atoms with van der Waals surface area (Å²) in [6.45, 7) is 2.10. The number of piperazine rings is 1. The molecular weight excluding hydrogens is 272 g/mol. The average molecular weight is 288 g/mol. The molecule has 1 fully saturated rings. The van der Waals surface area contributed by atoms with Crippen molar-refractivity contribution in [2.75, 3.05) is 26.2 Å². The van der Waals surface area contributed by atoms with Crippen molar-refractivity contribution in [3.63, 3.8) is 0 Å². The molecule has 0 unspecified atom stereocenters. The summed E-state index contributed by atoms with van der Waals surface area (Å²) in [7, 11) is 0. The Balaban J connectivity index is 1.53. The highest BCUT2D eigenvalue weighted by Gasteiger charge is 2.26. The summed E-state index contributed by atoms with van der Waals surface area (Å²) in [5.41, 5.74) is 0. The highest BCUT2D eigenvalue weighted by atomic mass is 16.3. The third-order valence-electron chi connectivity index (χ3n) is 3.56. The third kappa shape index (κ3) is 2.99. The molecule has 0 atom stereocenters. The number of amides is 2. The maximum Gasteiger partial charge on any atom is 0.289 e. The summed E-state index contributed by atoms with van der Waals surface area (Å²) in [5.74, 6) is 0.896. The molecule has 1 aliphatic heterocycles. The van der Waals surface area contributed by atoms with Crippen molar-refractivity contribution in [2.24, 2.45) is 0 Å². The Morgan fingerprint density at radius 2 is 1.62 bits per heavy atom. The maximum atomic E-state index is 12.1. The number of rotatable bonds is 3. The first-order valence-electron chi connectivity index (χ1n) is 6.87. The fraction of sp³-hybridized carbons (Fsp3) is 0.333. The van der Waals surface area contributed by atoms with Gasteiger partial charge < -0.3 is 18.6 Å². The zero-order chi connectivity index (χ0) is 14.7. The van der Waals surface area contributed by atoms with E-state index < -0.39 is 0 Å². The van der Waals surface area contributed by atoms with E-state index in [1.54, 1.807) is 40.3 Å². The van der Waals surface area contributed by atoms with Crippen LogP contribution in [-0.4, -0.2) is 47.8 Å². The number of carbonyl (C=O) groups is 2. The molecule has 1 saturated heterocycles. The van der Waals surface area contributed by atoms with Gasteiger partial charge in [-0.1, -0.05) is 0 Å². The van der Waals surface area contributed by atoms with Crippen LogP contribution in [0.1, 0.15) is 16.3 Å². The molecule has 110 valence electrons. The molecule has 0 N–H and O–H groups in total. The molecule has 1 aliphatic rings. The van der Waals surface area contributed by atoms with Gasteiger partial charge in [0.05, 0.1) is 18.9 Å². The molecule has 0 aliphatic carbocycles. The van der Waals surface area contributed by atoms with Gasteiger partial charge in [-0.2, -0.15) is 0 Å². The van der Waals surface area contributed by atoms with Crippen LogP contribution in [-0.2, 0) is 11.2 Å². The third-order valence-corrected chi connectivity index (χ3v) is 3.56. The van der Waals surface area contributed by atoms with Crippen LogP contribution in [0.25, 0.3) is 0 Å². The Bertz CT molecular complexity index is 596. The zero-order valence-corrected chi connectivity index (χ0v) is 11.5. The Labute approximate surface area is 121 Å². The van der Waals surface area contributed by atoms with Crippen LogP contribution in [0.15, 0.2) is 45.6 Å². The molecule has 0 saturated carbocycles. The predicted octanol–water partition coefficient (Wildman–Crippen LogP) is 1.40. The monoisotopic (exact) mass is 288 g/mol. The first kappa shape index (κ1) is 13.5. The Kier molecular flexibility index (Phi) is 3.77. The maximum absolute atomic E-state index is 12.1. The minimum absolute atomic E-state index is 0.0232. The van der Waals surface area contributed by atoms with Crippen LogP contribution in [0.5, 0.6) is 0 Å². The smallest absolute Gasteiger partial charge is 0.289 e. The lowest BCUT2D eigenvalue weighted by atomic mass is 10.2. The van der Waals surface area contributed by atoms with Gasteiger partial charge in [0.25, 0.3) is 5.91 Å². The fourth-order valence-corrected chi connectivity index (χ4v) is 2.39. The topological polar surface area (TPSA) is 66.9 Å². The molecule has 0 bridgehead atoms. The lowest BCUT2D eigenvalue weighted by molar-refractivity contribution is -0.132. The van der Waals surface area contributed by atoms with Crippen LogP contribution in [0.3, 0.4) is 0 Å². The quantitative estimate of drug-likeness (QED) is 0.856. The van der Waals surface area contributed by atoms with Crippen LogP contribution in [0.2, 0.25) is 0 Å². The van der Waals surface area contributed by atoms with Crippen LogP contribution in [0, 0.1) is 0 Å². The number of furan rings is 2. The van der Waals surface area contributed by atoms with E-state index in [1.807, 2.05) is 0 Å².